The average Bonchev–Trinajstić information content (AvgIpc) is 2.66. The number of aromatic nitrogens is 2. The summed E-state index contributed by atoms with van der Waals surface area (Å²) in [4.78, 5) is 15.0. The lowest BCUT2D eigenvalue weighted by atomic mass is 9.93. The molecule has 5 nitrogen and oxygen atoms in total. The fraction of sp³-hybridized carbons (Fsp3) is 0.625. The first-order valence-electron chi connectivity index (χ1n) is 4.43. The van der Waals surface area contributed by atoms with Gasteiger partial charge >= 0.3 is 5.97 Å². The maximum absolute atomic E-state index is 11.1. The van der Waals surface area contributed by atoms with E-state index in [1.54, 1.807) is 0 Å². The Kier molecular flexibility index (Phi) is 3.40. The third-order valence-electron chi connectivity index (χ3n) is 2.32. The Hall–Kier alpha value is -1.17. The highest BCUT2D eigenvalue weighted by molar-refractivity contribution is 7.09. The molecule has 0 saturated heterocycles. The van der Waals surface area contributed by atoms with Gasteiger partial charge in [0.1, 0.15) is 11.9 Å². The van der Waals surface area contributed by atoms with Crippen molar-refractivity contribution in [1.82, 2.24) is 9.36 Å². The Labute approximate surface area is 86.3 Å². The normalized spacial score (nSPS) is 11.3. The van der Waals surface area contributed by atoms with E-state index >= 15 is 0 Å². The van der Waals surface area contributed by atoms with Crippen LogP contribution in [0.3, 0.4) is 0 Å². The lowest BCUT2D eigenvalue weighted by Crippen LogP contribution is -2.45. The third kappa shape index (κ3) is 2.01. The quantitative estimate of drug-likeness (QED) is 0.780. The maximum atomic E-state index is 11.1. The first-order chi connectivity index (χ1) is 6.64. The van der Waals surface area contributed by atoms with Gasteiger partial charge < -0.3 is 10.4 Å². The van der Waals surface area contributed by atoms with Crippen molar-refractivity contribution in [2.45, 2.75) is 32.2 Å². The second-order valence-electron chi connectivity index (χ2n) is 2.97. The van der Waals surface area contributed by atoms with Gasteiger partial charge in [-0.2, -0.15) is 4.37 Å². The standard InChI is InChI=1S/C8H13N3O2S/c1-3-8(4-2,6(12)13)11-7-9-5-10-14-7/h5H,3-4H2,1-2H3,(H,12,13)(H,9,10,11). The van der Waals surface area contributed by atoms with E-state index in [1.807, 2.05) is 13.8 Å². The highest BCUT2D eigenvalue weighted by Crippen LogP contribution is 2.22. The molecule has 14 heavy (non-hydrogen) atoms. The number of aliphatic carboxylic acids is 1. The SMILES string of the molecule is CCC(CC)(Nc1ncns1)C(=O)O. The molecule has 0 radical (unpaired) electrons. The molecule has 0 amide bonds. The Balaban J connectivity index is 2.83. The topological polar surface area (TPSA) is 75.1 Å². The number of anilines is 1. The minimum Gasteiger partial charge on any atom is -0.480 e. The molecule has 0 spiro atoms. The molecule has 2 N–H and O–H groups in total. The molecule has 1 aromatic heterocycles. The van der Waals surface area contributed by atoms with Gasteiger partial charge in [-0.3, -0.25) is 0 Å². The fourth-order valence-corrected chi connectivity index (χ4v) is 1.74. The fourth-order valence-electron chi connectivity index (χ4n) is 1.22. The summed E-state index contributed by atoms with van der Waals surface area (Å²) in [6.45, 7) is 3.68. The zero-order chi connectivity index (χ0) is 10.6. The highest BCUT2D eigenvalue weighted by Gasteiger charge is 2.35. The van der Waals surface area contributed by atoms with Crippen LogP contribution in [0, 0.1) is 0 Å². The zero-order valence-corrected chi connectivity index (χ0v) is 8.97. The zero-order valence-electron chi connectivity index (χ0n) is 8.15. The smallest absolute Gasteiger partial charge is 0.329 e. The van der Waals surface area contributed by atoms with Crippen LogP contribution in [0.15, 0.2) is 6.33 Å². The lowest BCUT2D eigenvalue weighted by Gasteiger charge is -2.27. The van der Waals surface area contributed by atoms with Gasteiger partial charge in [-0.15, -0.1) is 0 Å². The number of carboxylic acids is 1. The molecule has 0 fully saturated rings. The van der Waals surface area contributed by atoms with Crippen molar-refractivity contribution in [3.05, 3.63) is 6.33 Å². The molecule has 0 aromatic carbocycles. The highest BCUT2D eigenvalue weighted by atomic mass is 32.1. The Morgan fingerprint density at radius 2 is 2.29 bits per heavy atom. The molecule has 6 heteroatoms. The number of nitrogens with zero attached hydrogens (tertiary/aromatic N) is 2. The molecule has 0 saturated carbocycles. The predicted molar refractivity (Wildman–Crippen MR) is 54.5 cm³/mol. The third-order valence-corrected chi connectivity index (χ3v) is 2.90. The predicted octanol–water partition coefficient (Wildman–Crippen LogP) is 1.59. The summed E-state index contributed by atoms with van der Waals surface area (Å²) in [5.74, 6) is -0.849. The van der Waals surface area contributed by atoms with Crippen molar-refractivity contribution in [3.8, 4) is 0 Å². The molecule has 0 bridgehead atoms. The second-order valence-corrected chi connectivity index (χ2v) is 3.75. The van der Waals surface area contributed by atoms with E-state index in [2.05, 4.69) is 14.7 Å². The molecule has 0 aliphatic rings. The summed E-state index contributed by atoms with van der Waals surface area (Å²) >= 11 is 1.16. The van der Waals surface area contributed by atoms with Crippen LogP contribution in [0.2, 0.25) is 0 Å². The van der Waals surface area contributed by atoms with Gasteiger partial charge in [-0.25, -0.2) is 9.78 Å². The van der Waals surface area contributed by atoms with Crippen LogP contribution in [0.1, 0.15) is 26.7 Å². The van der Waals surface area contributed by atoms with Gasteiger partial charge in [0.25, 0.3) is 0 Å². The Morgan fingerprint density at radius 1 is 1.64 bits per heavy atom. The van der Waals surface area contributed by atoms with Crippen LogP contribution < -0.4 is 5.32 Å². The first kappa shape index (κ1) is 10.9. The minimum absolute atomic E-state index is 0.512. The minimum atomic E-state index is -0.917. The van der Waals surface area contributed by atoms with Crippen molar-refractivity contribution in [3.63, 3.8) is 0 Å². The number of carboxylic acid groups (broad SMARTS) is 1. The molecule has 1 rings (SSSR count). The van der Waals surface area contributed by atoms with E-state index in [0.29, 0.717) is 18.0 Å². The van der Waals surface area contributed by atoms with E-state index < -0.39 is 11.5 Å². The molecule has 1 aromatic rings. The largest absolute Gasteiger partial charge is 0.480 e. The number of hydrogen-bond donors (Lipinski definition) is 2. The van der Waals surface area contributed by atoms with Crippen LogP contribution in [0.5, 0.6) is 0 Å². The van der Waals surface area contributed by atoms with Crippen molar-refractivity contribution in [2.24, 2.45) is 0 Å². The van der Waals surface area contributed by atoms with Gasteiger partial charge in [-0.05, 0) is 12.8 Å². The van der Waals surface area contributed by atoms with E-state index in [9.17, 15) is 4.79 Å². The van der Waals surface area contributed by atoms with Crippen molar-refractivity contribution >= 4 is 22.6 Å². The van der Waals surface area contributed by atoms with Crippen molar-refractivity contribution < 1.29 is 9.90 Å². The van der Waals surface area contributed by atoms with Crippen LogP contribution in [0.25, 0.3) is 0 Å². The first-order valence-corrected chi connectivity index (χ1v) is 5.20. The van der Waals surface area contributed by atoms with E-state index in [-0.39, 0.29) is 0 Å². The van der Waals surface area contributed by atoms with E-state index in [1.165, 1.54) is 6.33 Å². The molecule has 78 valence electrons. The van der Waals surface area contributed by atoms with Gasteiger partial charge in [-0.1, -0.05) is 13.8 Å². The number of rotatable bonds is 5. The van der Waals surface area contributed by atoms with Gasteiger partial charge in [0, 0.05) is 11.5 Å². The van der Waals surface area contributed by atoms with Gasteiger partial charge in [0.05, 0.1) is 0 Å². The molecule has 0 aliphatic carbocycles. The lowest BCUT2D eigenvalue weighted by molar-refractivity contribution is -0.142. The van der Waals surface area contributed by atoms with Gasteiger partial charge in [0.2, 0.25) is 5.13 Å². The maximum Gasteiger partial charge on any atom is 0.329 e. The molecule has 0 unspecified atom stereocenters. The van der Waals surface area contributed by atoms with Crippen LogP contribution in [0.4, 0.5) is 5.13 Å². The number of hydrogen-bond acceptors (Lipinski definition) is 5. The number of carbonyl (C=O) groups is 1. The molecule has 0 aliphatic heterocycles. The van der Waals surface area contributed by atoms with Crippen LogP contribution in [-0.4, -0.2) is 26.0 Å². The number of nitrogens with one attached hydrogen (secondary N) is 1. The molecular weight excluding hydrogens is 202 g/mol. The monoisotopic (exact) mass is 215 g/mol. The summed E-state index contributed by atoms with van der Waals surface area (Å²) < 4.78 is 3.81. The summed E-state index contributed by atoms with van der Waals surface area (Å²) in [6.07, 6.45) is 2.43. The molecular formula is C8H13N3O2S. The van der Waals surface area contributed by atoms with Crippen LogP contribution >= 0.6 is 11.5 Å². The van der Waals surface area contributed by atoms with Crippen molar-refractivity contribution in [2.75, 3.05) is 5.32 Å². The Morgan fingerprint density at radius 3 is 2.64 bits per heavy atom. The molecule has 0 atom stereocenters. The van der Waals surface area contributed by atoms with Gasteiger partial charge in [0.15, 0.2) is 0 Å². The summed E-state index contributed by atoms with van der Waals surface area (Å²) in [5, 5.41) is 12.6. The average molecular weight is 215 g/mol. The molecule has 1 heterocycles. The summed E-state index contributed by atoms with van der Waals surface area (Å²) in [6, 6.07) is 0. The summed E-state index contributed by atoms with van der Waals surface area (Å²) in [7, 11) is 0. The Bertz CT molecular complexity index is 296. The van der Waals surface area contributed by atoms with E-state index in [4.69, 9.17) is 5.11 Å². The second kappa shape index (κ2) is 4.36. The van der Waals surface area contributed by atoms with Crippen molar-refractivity contribution in [1.29, 1.82) is 0 Å². The van der Waals surface area contributed by atoms with E-state index in [0.717, 1.165) is 11.5 Å². The summed E-state index contributed by atoms with van der Waals surface area (Å²) in [5.41, 5.74) is -0.917. The van der Waals surface area contributed by atoms with Crippen LogP contribution in [-0.2, 0) is 4.79 Å².